The molecule has 13 heavy (non-hydrogen) atoms. The normalized spacial score (nSPS) is 10.8. The van der Waals surface area contributed by atoms with Crippen molar-refractivity contribution in [2.75, 3.05) is 13.6 Å². The van der Waals surface area contributed by atoms with Crippen molar-refractivity contribution in [1.29, 1.82) is 0 Å². The first kappa shape index (κ1) is 10.3. The van der Waals surface area contributed by atoms with Gasteiger partial charge in [0.25, 0.3) is 0 Å². The van der Waals surface area contributed by atoms with Gasteiger partial charge >= 0.3 is 0 Å². The third-order valence-electron chi connectivity index (χ3n) is 2.46. The Bertz CT molecular complexity index is 276. The molecule has 0 amide bonds. The molecule has 1 N–H and O–H groups in total. The molecule has 0 aliphatic rings. The number of likely N-dealkylation sites (N-methyl/N-ethyl adjacent to an activating group) is 1. The zero-order valence-electron chi connectivity index (χ0n) is 9.02. The second kappa shape index (κ2) is 4.42. The Kier molecular flexibility index (Phi) is 3.48. The summed E-state index contributed by atoms with van der Waals surface area (Å²) < 4.78 is 2.07. The molecule has 1 aromatic heterocycles. The lowest BCUT2D eigenvalue weighted by Crippen LogP contribution is -2.11. The highest BCUT2D eigenvalue weighted by Crippen LogP contribution is 2.12. The van der Waals surface area contributed by atoms with Crippen molar-refractivity contribution < 1.29 is 0 Å². The van der Waals surface area contributed by atoms with Crippen LogP contribution in [0.4, 0.5) is 0 Å². The zero-order valence-corrected chi connectivity index (χ0v) is 9.02. The molecule has 0 aliphatic heterocycles. The van der Waals surface area contributed by atoms with E-state index >= 15 is 0 Å². The molecule has 0 radical (unpaired) electrons. The average molecular weight is 181 g/mol. The second-order valence-electron chi connectivity index (χ2n) is 3.32. The highest BCUT2D eigenvalue weighted by molar-refractivity contribution is 5.24. The summed E-state index contributed by atoms with van der Waals surface area (Å²) in [5, 5.41) is 7.63. The molecule has 0 fully saturated rings. The number of aromatic nitrogens is 2. The van der Waals surface area contributed by atoms with E-state index in [1.807, 2.05) is 7.05 Å². The van der Waals surface area contributed by atoms with Gasteiger partial charge in [0.05, 0.1) is 5.69 Å². The van der Waals surface area contributed by atoms with Crippen molar-refractivity contribution in [2.45, 2.75) is 33.7 Å². The molecule has 0 spiro atoms. The average Bonchev–Trinajstić information content (AvgIpc) is 2.39. The largest absolute Gasteiger partial charge is 0.319 e. The lowest BCUT2D eigenvalue weighted by atomic mass is 10.1. The van der Waals surface area contributed by atoms with Crippen LogP contribution in [0.5, 0.6) is 0 Å². The minimum atomic E-state index is 0.965. The Morgan fingerprint density at radius 1 is 1.38 bits per heavy atom. The first-order valence-corrected chi connectivity index (χ1v) is 4.88. The number of nitrogens with zero attached hydrogens (tertiary/aromatic N) is 2. The first-order chi connectivity index (χ1) is 6.20. The van der Waals surface area contributed by atoms with Crippen LogP contribution in [-0.2, 0) is 13.0 Å². The third kappa shape index (κ3) is 2.10. The minimum Gasteiger partial charge on any atom is -0.319 e. The van der Waals surface area contributed by atoms with E-state index in [-0.39, 0.29) is 0 Å². The van der Waals surface area contributed by atoms with E-state index in [1.165, 1.54) is 17.0 Å². The van der Waals surface area contributed by atoms with Crippen LogP contribution in [0.15, 0.2) is 0 Å². The van der Waals surface area contributed by atoms with Crippen LogP contribution in [0, 0.1) is 13.8 Å². The molecule has 74 valence electrons. The highest BCUT2D eigenvalue weighted by atomic mass is 15.3. The first-order valence-electron chi connectivity index (χ1n) is 4.88. The molecule has 0 saturated heterocycles. The fourth-order valence-corrected chi connectivity index (χ4v) is 1.65. The molecule has 0 bridgehead atoms. The van der Waals surface area contributed by atoms with Crippen molar-refractivity contribution in [3.05, 3.63) is 17.0 Å². The van der Waals surface area contributed by atoms with Gasteiger partial charge in [-0.1, -0.05) is 0 Å². The summed E-state index contributed by atoms with van der Waals surface area (Å²) in [5.41, 5.74) is 3.89. The van der Waals surface area contributed by atoms with E-state index in [0.717, 1.165) is 19.5 Å². The number of nitrogens with one attached hydrogen (secondary N) is 1. The summed E-state index contributed by atoms with van der Waals surface area (Å²) in [6, 6.07) is 0. The standard InChI is InChI=1S/C10H19N3/c1-5-13-9(3)10(6-7-11-4)8(2)12-13/h11H,5-7H2,1-4H3. The topological polar surface area (TPSA) is 29.9 Å². The maximum atomic E-state index is 4.47. The van der Waals surface area contributed by atoms with Gasteiger partial charge in [0, 0.05) is 12.2 Å². The van der Waals surface area contributed by atoms with Crippen LogP contribution in [0.2, 0.25) is 0 Å². The molecule has 3 nitrogen and oxygen atoms in total. The molecule has 0 unspecified atom stereocenters. The maximum absolute atomic E-state index is 4.47. The van der Waals surface area contributed by atoms with Gasteiger partial charge in [-0.25, -0.2) is 0 Å². The van der Waals surface area contributed by atoms with Gasteiger partial charge in [-0.2, -0.15) is 5.10 Å². The Morgan fingerprint density at radius 2 is 2.08 bits per heavy atom. The summed E-state index contributed by atoms with van der Waals surface area (Å²) in [7, 11) is 1.98. The van der Waals surface area contributed by atoms with Gasteiger partial charge in [0.2, 0.25) is 0 Å². The Balaban J connectivity index is 2.85. The number of hydrogen-bond donors (Lipinski definition) is 1. The fourth-order valence-electron chi connectivity index (χ4n) is 1.65. The second-order valence-corrected chi connectivity index (χ2v) is 3.32. The van der Waals surface area contributed by atoms with Crippen molar-refractivity contribution >= 4 is 0 Å². The Labute approximate surface area is 80.1 Å². The smallest absolute Gasteiger partial charge is 0.0628 e. The zero-order chi connectivity index (χ0) is 9.84. The van der Waals surface area contributed by atoms with E-state index in [0.29, 0.717) is 0 Å². The minimum absolute atomic E-state index is 0.965. The van der Waals surface area contributed by atoms with Crippen LogP contribution in [0.3, 0.4) is 0 Å². The fraction of sp³-hybridized carbons (Fsp3) is 0.700. The van der Waals surface area contributed by atoms with E-state index in [9.17, 15) is 0 Å². The van der Waals surface area contributed by atoms with Crippen LogP contribution in [-0.4, -0.2) is 23.4 Å². The van der Waals surface area contributed by atoms with Crippen molar-refractivity contribution in [2.24, 2.45) is 0 Å². The van der Waals surface area contributed by atoms with Gasteiger partial charge in [0.15, 0.2) is 0 Å². The van der Waals surface area contributed by atoms with E-state index < -0.39 is 0 Å². The monoisotopic (exact) mass is 181 g/mol. The number of aryl methyl sites for hydroxylation is 2. The van der Waals surface area contributed by atoms with Crippen molar-refractivity contribution in [3.63, 3.8) is 0 Å². The third-order valence-corrected chi connectivity index (χ3v) is 2.46. The van der Waals surface area contributed by atoms with Gasteiger partial charge in [-0.15, -0.1) is 0 Å². The summed E-state index contributed by atoms with van der Waals surface area (Å²) in [6.45, 7) is 8.35. The molecule has 0 saturated carbocycles. The molecule has 1 heterocycles. The summed E-state index contributed by atoms with van der Waals surface area (Å²) >= 11 is 0. The van der Waals surface area contributed by atoms with Crippen LogP contribution in [0.25, 0.3) is 0 Å². The Morgan fingerprint density at radius 3 is 2.54 bits per heavy atom. The summed E-state index contributed by atoms with van der Waals surface area (Å²) in [4.78, 5) is 0. The van der Waals surface area contributed by atoms with Crippen molar-refractivity contribution in [1.82, 2.24) is 15.1 Å². The molecule has 0 aliphatic carbocycles. The van der Waals surface area contributed by atoms with Crippen LogP contribution >= 0.6 is 0 Å². The Hall–Kier alpha value is -0.830. The van der Waals surface area contributed by atoms with Crippen LogP contribution < -0.4 is 5.32 Å². The van der Waals surface area contributed by atoms with E-state index in [4.69, 9.17) is 0 Å². The summed E-state index contributed by atoms with van der Waals surface area (Å²) in [6.07, 6.45) is 1.08. The highest BCUT2D eigenvalue weighted by Gasteiger charge is 2.08. The van der Waals surface area contributed by atoms with Gasteiger partial charge in [-0.05, 0) is 46.3 Å². The lowest BCUT2D eigenvalue weighted by Gasteiger charge is -2.02. The summed E-state index contributed by atoms with van der Waals surface area (Å²) in [5.74, 6) is 0. The molecule has 3 heteroatoms. The molecular formula is C10H19N3. The number of rotatable bonds is 4. The van der Waals surface area contributed by atoms with Gasteiger partial charge < -0.3 is 5.32 Å². The molecule has 0 atom stereocenters. The predicted octanol–water partition coefficient (Wildman–Crippen LogP) is 1.28. The molecule has 1 rings (SSSR count). The predicted molar refractivity (Wildman–Crippen MR) is 55.0 cm³/mol. The van der Waals surface area contributed by atoms with E-state index in [2.05, 4.69) is 35.9 Å². The van der Waals surface area contributed by atoms with E-state index in [1.54, 1.807) is 0 Å². The molecule has 1 aromatic rings. The van der Waals surface area contributed by atoms with Crippen LogP contribution in [0.1, 0.15) is 23.9 Å². The van der Waals surface area contributed by atoms with Gasteiger partial charge in [-0.3, -0.25) is 4.68 Å². The SMILES string of the molecule is CCn1nc(C)c(CCNC)c1C. The maximum Gasteiger partial charge on any atom is 0.0628 e. The molecular weight excluding hydrogens is 162 g/mol. The molecule has 0 aromatic carbocycles. The van der Waals surface area contributed by atoms with Gasteiger partial charge in [0.1, 0.15) is 0 Å². The quantitative estimate of drug-likeness (QED) is 0.758. The lowest BCUT2D eigenvalue weighted by molar-refractivity contribution is 0.633. The number of hydrogen-bond acceptors (Lipinski definition) is 2. The van der Waals surface area contributed by atoms with Crippen molar-refractivity contribution in [3.8, 4) is 0 Å².